The highest BCUT2D eigenvalue weighted by Gasteiger charge is 2.54. The zero-order chi connectivity index (χ0) is 19.6. The predicted molar refractivity (Wildman–Crippen MR) is 98.7 cm³/mol. The smallest absolute Gasteiger partial charge is 0.303 e. The Morgan fingerprint density at radius 2 is 2.00 bits per heavy atom. The largest absolute Gasteiger partial charge is 0.481 e. The minimum atomic E-state index is -1.15. The summed E-state index contributed by atoms with van der Waals surface area (Å²) in [7, 11) is 1.60. The van der Waals surface area contributed by atoms with E-state index in [-0.39, 0.29) is 36.5 Å². The highest BCUT2D eigenvalue weighted by molar-refractivity contribution is 6.07. The summed E-state index contributed by atoms with van der Waals surface area (Å²) in [4.78, 5) is 44.0. The van der Waals surface area contributed by atoms with Crippen LogP contribution in [0.1, 0.15) is 31.2 Å². The molecule has 144 valence electrons. The summed E-state index contributed by atoms with van der Waals surface area (Å²) in [5.74, 6) is -1.46. The van der Waals surface area contributed by atoms with Crippen LogP contribution in [0.25, 0.3) is 0 Å². The Bertz CT molecular complexity index is 779. The average Bonchev–Trinajstić information content (AvgIpc) is 2.92. The number of likely N-dealkylation sites (N-methyl/N-ethyl adjacent to an activating group) is 1. The molecule has 1 saturated heterocycles. The first kappa shape index (κ1) is 18.9. The summed E-state index contributed by atoms with van der Waals surface area (Å²) in [6, 6.07) is 9.30. The van der Waals surface area contributed by atoms with Crippen LogP contribution in [-0.4, -0.2) is 58.8 Å². The van der Waals surface area contributed by atoms with Gasteiger partial charge in [0.25, 0.3) is 5.91 Å². The standard InChI is InChI=1S/C19H24N4O4/c1-22-17(27)19(21-18(22)20,13-6-3-2-4-7-13)14-8-5-11-23(12-14)15(24)9-10-16(25)26/h2-4,6-7,14H,5,8-12H2,1H3,(H2,20,21)(H,25,26). The molecule has 8 heteroatoms. The number of likely N-dealkylation sites (tertiary alicyclic amines) is 1. The second-order valence-corrected chi connectivity index (χ2v) is 7.04. The van der Waals surface area contributed by atoms with E-state index in [4.69, 9.17) is 10.8 Å². The maximum atomic E-state index is 13.2. The van der Waals surface area contributed by atoms with E-state index in [1.165, 1.54) is 4.90 Å². The van der Waals surface area contributed by atoms with Crippen molar-refractivity contribution in [1.29, 1.82) is 0 Å². The molecule has 0 bridgehead atoms. The van der Waals surface area contributed by atoms with Crippen LogP contribution in [-0.2, 0) is 19.9 Å². The molecule has 2 aliphatic heterocycles. The number of carboxylic acids is 1. The Hall–Kier alpha value is -2.90. The van der Waals surface area contributed by atoms with Gasteiger partial charge in [0.1, 0.15) is 0 Å². The van der Waals surface area contributed by atoms with Gasteiger partial charge >= 0.3 is 5.97 Å². The molecule has 3 rings (SSSR count). The number of hydrogen-bond acceptors (Lipinski definition) is 5. The number of nitrogens with two attached hydrogens (primary N) is 1. The van der Waals surface area contributed by atoms with E-state index < -0.39 is 11.5 Å². The number of carboxylic acid groups (broad SMARTS) is 1. The number of nitrogens with zero attached hydrogens (tertiary/aromatic N) is 3. The number of hydrogen-bond donors (Lipinski definition) is 2. The molecular weight excluding hydrogens is 348 g/mol. The summed E-state index contributed by atoms with van der Waals surface area (Å²) >= 11 is 0. The SMILES string of the molecule is CN1C(=O)C(c2ccccc2)(C2CCCN(C(=O)CCC(=O)O)C2)N=C1N. The van der Waals surface area contributed by atoms with Gasteiger partial charge in [0.15, 0.2) is 11.5 Å². The van der Waals surface area contributed by atoms with Crippen molar-refractivity contribution in [2.75, 3.05) is 20.1 Å². The molecule has 2 unspecified atom stereocenters. The maximum Gasteiger partial charge on any atom is 0.303 e. The van der Waals surface area contributed by atoms with Gasteiger partial charge in [-0.05, 0) is 18.4 Å². The third kappa shape index (κ3) is 3.39. The summed E-state index contributed by atoms with van der Waals surface area (Å²) in [6.45, 7) is 0.909. The molecule has 8 nitrogen and oxygen atoms in total. The van der Waals surface area contributed by atoms with Gasteiger partial charge in [0.2, 0.25) is 5.91 Å². The second kappa shape index (κ2) is 7.38. The zero-order valence-corrected chi connectivity index (χ0v) is 15.3. The molecule has 0 aromatic heterocycles. The molecule has 2 aliphatic rings. The van der Waals surface area contributed by atoms with Crippen molar-refractivity contribution < 1.29 is 19.5 Å². The van der Waals surface area contributed by atoms with Gasteiger partial charge in [-0.2, -0.15) is 0 Å². The van der Waals surface area contributed by atoms with Crippen LogP contribution in [0.5, 0.6) is 0 Å². The van der Waals surface area contributed by atoms with Crippen molar-refractivity contribution in [2.45, 2.75) is 31.2 Å². The van der Waals surface area contributed by atoms with Crippen molar-refractivity contribution in [3.63, 3.8) is 0 Å². The van der Waals surface area contributed by atoms with Gasteiger partial charge in [0, 0.05) is 32.5 Å². The molecule has 0 spiro atoms. The number of aliphatic carboxylic acids is 1. The van der Waals surface area contributed by atoms with E-state index in [1.807, 2.05) is 30.3 Å². The third-order valence-corrected chi connectivity index (χ3v) is 5.40. The zero-order valence-electron chi connectivity index (χ0n) is 15.3. The molecular formula is C19H24N4O4. The summed E-state index contributed by atoms with van der Waals surface area (Å²) < 4.78 is 0. The number of carbonyl (C=O) groups excluding carboxylic acids is 2. The van der Waals surface area contributed by atoms with Gasteiger partial charge in [0.05, 0.1) is 6.42 Å². The number of carbonyl (C=O) groups is 3. The van der Waals surface area contributed by atoms with Crippen molar-refractivity contribution in [2.24, 2.45) is 16.6 Å². The fourth-order valence-electron chi connectivity index (χ4n) is 3.96. The predicted octanol–water partition coefficient (Wildman–Crippen LogP) is 0.772. The molecule has 0 aliphatic carbocycles. The van der Waals surface area contributed by atoms with Crippen molar-refractivity contribution in [1.82, 2.24) is 9.80 Å². The highest BCUT2D eigenvalue weighted by atomic mass is 16.4. The Balaban J connectivity index is 1.91. The molecule has 2 amide bonds. The number of amides is 2. The normalized spacial score (nSPS) is 25.4. The van der Waals surface area contributed by atoms with Crippen LogP contribution in [0.3, 0.4) is 0 Å². The number of rotatable bonds is 5. The molecule has 0 saturated carbocycles. The van der Waals surface area contributed by atoms with Crippen molar-refractivity contribution in [3.8, 4) is 0 Å². The summed E-state index contributed by atoms with van der Waals surface area (Å²) in [6.07, 6.45) is 1.22. The van der Waals surface area contributed by atoms with Crippen LogP contribution in [0.15, 0.2) is 35.3 Å². The van der Waals surface area contributed by atoms with Crippen LogP contribution < -0.4 is 5.73 Å². The van der Waals surface area contributed by atoms with E-state index >= 15 is 0 Å². The lowest BCUT2D eigenvalue weighted by Crippen LogP contribution is -2.51. The first-order valence-electron chi connectivity index (χ1n) is 9.05. The Morgan fingerprint density at radius 3 is 2.59 bits per heavy atom. The third-order valence-electron chi connectivity index (χ3n) is 5.40. The molecule has 1 aromatic rings. The summed E-state index contributed by atoms with van der Waals surface area (Å²) in [5, 5.41) is 8.82. The van der Waals surface area contributed by atoms with Crippen molar-refractivity contribution in [3.05, 3.63) is 35.9 Å². The van der Waals surface area contributed by atoms with Crippen LogP contribution >= 0.6 is 0 Å². The molecule has 0 radical (unpaired) electrons. The van der Waals surface area contributed by atoms with E-state index in [1.54, 1.807) is 11.9 Å². The average molecular weight is 372 g/mol. The van der Waals surface area contributed by atoms with Crippen molar-refractivity contribution >= 4 is 23.7 Å². The van der Waals surface area contributed by atoms with Crippen LogP contribution in [0.4, 0.5) is 0 Å². The van der Waals surface area contributed by atoms with Crippen LogP contribution in [0, 0.1) is 5.92 Å². The lowest BCUT2D eigenvalue weighted by molar-refractivity contribution is -0.142. The quantitative estimate of drug-likeness (QED) is 0.792. The van der Waals surface area contributed by atoms with E-state index in [0.717, 1.165) is 18.4 Å². The number of benzene rings is 1. The number of piperidine rings is 1. The van der Waals surface area contributed by atoms with E-state index in [2.05, 4.69) is 4.99 Å². The van der Waals surface area contributed by atoms with E-state index in [9.17, 15) is 14.4 Å². The lowest BCUT2D eigenvalue weighted by atomic mass is 9.74. The maximum absolute atomic E-state index is 13.2. The van der Waals surface area contributed by atoms with E-state index in [0.29, 0.717) is 13.1 Å². The van der Waals surface area contributed by atoms with Gasteiger partial charge < -0.3 is 15.7 Å². The second-order valence-electron chi connectivity index (χ2n) is 7.04. The summed E-state index contributed by atoms with van der Waals surface area (Å²) in [5.41, 5.74) is 5.58. The molecule has 1 fully saturated rings. The lowest BCUT2D eigenvalue weighted by Gasteiger charge is -2.40. The van der Waals surface area contributed by atoms with Gasteiger partial charge in [-0.3, -0.25) is 19.3 Å². The van der Waals surface area contributed by atoms with Gasteiger partial charge in [-0.1, -0.05) is 30.3 Å². The fraction of sp³-hybridized carbons (Fsp3) is 0.474. The Kier molecular flexibility index (Phi) is 5.16. The van der Waals surface area contributed by atoms with Gasteiger partial charge in [-0.25, -0.2) is 4.99 Å². The van der Waals surface area contributed by atoms with Gasteiger partial charge in [-0.15, -0.1) is 0 Å². The molecule has 1 aromatic carbocycles. The first-order valence-corrected chi connectivity index (χ1v) is 9.05. The molecule has 2 heterocycles. The Morgan fingerprint density at radius 1 is 1.30 bits per heavy atom. The topological polar surface area (TPSA) is 116 Å². The molecule has 27 heavy (non-hydrogen) atoms. The fourth-order valence-corrected chi connectivity index (χ4v) is 3.96. The minimum Gasteiger partial charge on any atom is -0.481 e. The number of guanidine groups is 1. The minimum absolute atomic E-state index is 0.0420. The van der Waals surface area contributed by atoms with Crippen LogP contribution in [0.2, 0.25) is 0 Å². The first-order chi connectivity index (χ1) is 12.9. The molecule has 3 N–H and O–H groups in total. The monoisotopic (exact) mass is 372 g/mol. The molecule has 2 atom stereocenters. The highest BCUT2D eigenvalue weighted by Crippen LogP contribution is 2.43. The number of aliphatic imine (C=N–C) groups is 1. The Labute approximate surface area is 157 Å².